The molecule has 0 aliphatic rings. The van der Waals surface area contributed by atoms with Crippen molar-refractivity contribution in [1.29, 1.82) is 0 Å². The lowest BCUT2D eigenvalue weighted by atomic mass is 10.0. The molecule has 16 heavy (non-hydrogen) atoms. The van der Waals surface area contributed by atoms with Crippen molar-refractivity contribution in [2.75, 3.05) is 6.61 Å². The second kappa shape index (κ2) is 4.97. The molecule has 0 aliphatic heterocycles. The van der Waals surface area contributed by atoms with Crippen LogP contribution in [0.5, 0.6) is 0 Å². The van der Waals surface area contributed by atoms with Crippen LogP contribution in [0, 0.1) is 15.9 Å². The highest BCUT2D eigenvalue weighted by atomic mass is 19.1. The molecule has 0 spiro atoms. The maximum Gasteiger partial charge on any atom is 0.305 e. The summed E-state index contributed by atoms with van der Waals surface area (Å²) in [7, 11) is 0. The van der Waals surface area contributed by atoms with Gasteiger partial charge in [-0.25, -0.2) is 0 Å². The minimum atomic E-state index is -1.50. The molecule has 0 heterocycles. The van der Waals surface area contributed by atoms with E-state index in [9.17, 15) is 19.6 Å². The lowest BCUT2D eigenvalue weighted by Gasteiger charge is -2.15. The van der Waals surface area contributed by atoms with Crippen LogP contribution in [-0.4, -0.2) is 33.0 Å². The minimum absolute atomic E-state index is 0.0327. The summed E-state index contributed by atoms with van der Waals surface area (Å²) in [4.78, 5) is 9.47. The summed E-state index contributed by atoms with van der Waals surface area (Å²) in [6, 6.07) is 2.74. The average molecular weight is 231 g/mol. The number of rotatable bonds is 4. The predicted octanol–water partition coefficient (Wildman–Crippen LogP) is 0.120. The number of hydrogen-bond acceptors (Lipinski definition) is 5. The molecule has 0 saturated carbocycles. The average Bonchev–Trinajstić information content (AvgIpc) is 2.27. The molecular formula is C9H10FNO5. The molecule has 1 aromatic rings. The molecule has 0 radical (unpaired) electrons. The Morgan fingerprint density at radius 1 is 1.44 bits per heavy atom. The van der Waals surface area contributed by atoms with Crippen LogP contribution in [0.1, 0.15) is 11.7 Å². The Morgan fingerprint density at radius 2 is 2.06 bits per heavy atom. The standard InChI is InChI=1S/C9H10FNO5/c10-6-2-1-5(3-7(6)11(15)16)9(14)8(13)4-12/h1-3,8-9,12-14H,4H2. The third-order valence-electron chi connectivity index (χ3n) is 2.06. The summed E-state index contributed by atoms with van der Waals surface area (Å²) in [5.41, 5.74) is -0.823. The molecule has 6 nitrogen and oxygen atoms in total. The monoisotopic (exact) mass is 231 g/mol. The molecular weight excluding hydrogens is 221 g/mol. The van der Waals surface area contributed by atoms with Crippen LogP contribution in [0.15, 0.2) is 18.2 Å². The van der Waals surface area contributed by atoms with Crippen LogP contribution >= 0.6 is 0 Å². The Labute approximate surface area is 89.7 Å². The summed E-state index contributed by atoms with van der Waals surface area (Å²) >= 11 is 0. The molecule has 0 aliphatic carbocycles. The first kappa shape index (κ1) is 12.5. The zero-order valence-electron chi connectivity index (χ0n) is 8.08. The normalized spacial score (nSPS) is 14.5. The number of aliphatic hydroxyl groups excluding tert-OH is 3. The number of nitrogens with zero attached hydrogens (tertiary/aromatic N) is 1. The van der Waals surface area contributed by atoms with Crippen molar-refractivity contribution in [1.82, 2.24) is 0 Å². The van der Waals surface area contributed by atoms with Gasteiger partial charge in [0.25, 0.3) is 0 Å². The van der Waals surface area contributed by atoms with E-state index in [1.807, 2.05) is 0 Å². The molecule has 0 aromatic heterocycles. The Bertz CT molecular complexity index is 397. The van der Waals surface area contributed by atoms with E-state index < -0.39 is 35.2 Å². The van der Waals surface area contributed by atoms with Crippen LogP contribution < -0.4 is 0 Å². The van der Waals surface area contributed by atoms with Gasteiger partial charge in [-0.05, 0) is 11.6 Å². The summed E-state index contributed by atoms with van der Waals surface area (Å²) in [6.07, 6.45) is -2.96. The van der Waals surface area contributed by atoms with Gasteiger partial charge in [0.2, 0.25) is 5.82 Å². The maximum absolute atomic E-state index is 12.9. The lowest BCUT2D eigenvalue weighted by Crippen LogP contribution is -2.22. The van der Waals surface area contributed by atoms with Gasteiger partial charge in [0.05, 0.1) is 11.5 Å². The molecule has 7 heteroatoms. The van der Waals surface area contributed by atoms with Crippen molar-refractivity contribution < 1.29 is 24.6 Å². The first-order chi connectivity index (χ1) is 7.47. The molecule has 1 aromatic carbocycles. The molecule has 88 valence electrons. The van der Waals surface area contributed by atoms with Crippen molar-refractivity contribution in [2.45, 2.75) is 12.2 Å². The van der Waals surface area contributed by atoms with E-state index >= 15 is 0 Å². The largest absolute Gasteiger partial charge is 0.394 e. The van der Waals surface area contributed by atoms with E-state index in [1.165, 1.54) is 0 Å². The van der Waals surface area contributed by atoms with E-state index in [4.69, 9.17) is 10.2 Å². The van der Waals surface area contributed by atoms with Gasteiger partial charge >= 0.3 is 5.69 Å². The fourth-order valence-electron chi connectivity index (χ4n) is 1.18. The van der Waals surface area contributed by atoms with Gasteiger partial charge in [-0.1, -0.05) is 6.07 Å². The second-order valence-electron chi connectivity index (χ2n) is 3.16. The van der Waals surface area contributed by atoms with Gasteiger partial charge < -0.3 is 15.3 Å². The molecule has 0 fully saturated rings. The van der Waals surface area contributed by atoms with E-state index in [-0.39, 0.29) is 5.56 Å². The molecule has 0 bridgehead atoms. The molecule has 2 atom stereocenters. The van der Waals surface area contributed by atoms with Gasteiger partial charge in [-0.3, -0.25) is 10.1 Å². The third kappa shape index (κ3) is 2.51. The van der Waals surface area contributed by atoms with Crippen molar-refractivity contribution in [2.24, 2.45) is 0 Å². The zero-order valence-corrected chi connectivity index (χ0v) is 8.08. The van der Waals surface area contributed by atoms with Gasteiger partial charge in [-0.2, -0.15) is 4.39 Å². The Balaban J connectivity index is 3.07. The van der Waals surface area contributed by atoms with E-state index in [0.717, 1.165) is 18.2 Å². The summed E-state index contributed by atoms with van der Waals surface area (Å²) in [5, 5.41) is 37.5. The number of hydrogen-bond donors (Lipinski definition) is 3. The number of aliphatic hydroxyl groups is 3. The molecule has 3 N–H and O–H groups in total. The predicted molar refractivity (Wildman–Crippen MR) is 51.1 cm³/mol. The number of benzene rings is 1. The van der Waals surface area contributed by atoms with Crippen molar-refractivity contribution >= 4 is 5.69 Å². The Hall–Kier alpha value is -1.57. The first-order valence-electron chi connectivity index (χ1n) is 4.38. The van der Waals surface area contributed by atoms with Crippen LogP contribution in [0.2, 0.25) is 0 Å². The van der Waals surface area contributed by atoms with E-state index in [1.54, 1.807) is 0 Å². The molecule has 0 saturated heterocycles. The lowest BCUT2D eigenvalue weighted by molar-refractivity contribution is -0.387. The third-order valence-corrected chi connectivity index (χ3v) is 2.06. The highest BCUT2D eigenvalue weighted by Gasteiger charge is 2.22. The van der Waals surface area contributed by atoms with Crippen LogP contribution in [0.25, 0.3) is 0 Å². The van der Waals surface area contributed by atoms with Crippen LogP contribution in [0.3, 0.4) is 0 Å². The molecule has 1 rings (SSSR count). The highest BCUT2D eigenvalue weighted by molar-refractivity contribution is 5.37. The molecule has 2 unspecified atom stereocenters. The Kier molecular flexibility index (Phi) is 3.88. The first-order valence-corrected chi connectivity index (χ1v) is 4.38. The smallest absolute Gasteiger partial charge is 0.305 e. The number of nitro benzene ring substituents is 1. The fraction of sp³-hybridized carbons (Fsp3) is 0.333. The summed E-state index contributed by atoms with van der Waals surface area (Å²) < 4.78 is 12.9. The topological polar surface area (TPSA) is 104 Å². The zero-order chi connectivity index (χ0) is 12.3. The van der Waals surface area contributed by atoms with Gasteiger partial charge in [0.1, 0.15) is 12.2 Å². The van der Waals surface area contributed by atoms with Gasteiger partial charge in [0.15, 0.2) is 0 Å². The van der Waals surface area contributed by atoms with Crippen molar-refractivity contribution in [3.8, 4) is 0 Å². The SMILES string of the molecule is O=[N+]([O-])c1cc(C(O)C(O)CO)ccc1F. The number of nitro groups is 1. The number of halogens is 1. The maximum atomic E-state index is 12.9. The summed E-state index contributed by atoms with van der Waals surface area (Å²) in [6.45, 7) is -0.702. The molecule has 0 amide bonds. The van der Waals surface area contributed by atoms with E-state index in [0.29, 0.717) is 0 Å². The van der Waals surface area contributed by atoms with Crippen LogP contribution in [-0.2, 0) is 0 Å². The minimum Gasteiger partial charge on any atom is -0.394 e. The van der Waals surface area contributed by atoms with Gasteiger partial charge in [0, 0.05) is 6.07 Å². The van der Waals surface area contributed by atoms with Crippen LogP contribution in [0.4, 0.5) is 10.1 Å². The summed E-state index contributed by atoms with van der Waals surface area (Å²) in [5.74, 6) is -1.03. The Morgan fingerprint density at radius 3 is 2.56 bits per heavy atom. The van der Waals surface area contributed by atoms with Crippen molar-refractivity contribution in [3.05, 3.63) is 39.7 Å². The highest BCUT2D eigenvalue weighted by Crippen LogP contribution is 2.24. The van der Waals surface area contributed by atoms with Crippen molar-refractivity contribution in [3.63, 3.8) is 0 Å². The fourth-order valence-corrected chi connectivity index (χ4v) is 1.18. The van der Waals surface area contributed by atoms with E-state index in [2.05, 4.69) is 0 Å². The quantitative estimate of drug-likeness (QED) is 0.504. The second-order valence-corrected chi connectivity index (χ2v) is 3.16. The van der Waals surface area contributed by atoms with Gasteiger partial charge in [-0.15, -0.1) is 0 Å².